The molecule has 0 saturated carbocycles. The second kappa shape index (κ2) is 5.58. The summed E-state index contributed by atoms with van der Waals surface area (Å²) < 4.78 is 35.6. The third-order valence-corrected chi connectivity index (χ3v) is 2.81. The number of hydroxylamine groups is 1. The molecule has 0 saturated heterocycles. The standard InChI is InChI=1S/C12H13F3N2O2/c13-12(14,15)7-19-17-11(18)10-5-8-3-1-2-4-9(8)6-16-10/h1-4,10,16H,5-7H2,(H,17,18)/t10-/m1/s1. The molecule has 0 aliphatic carbocycles. The lowest BCUT2D eigenvalue weighted by molar-refractivity contribution is -0.192. The van der Waals surface area contributed by atoms with Crippen molar-refractivity contribution >= 4 is 5.91 Å². The average molecular weight is 274 g/mol. The number of carbonyl (C=O) groups is 1. The Balaban J connectivity index is 1.85. The van der Waals surface area contributed by atoms with Crippen LogP contribution in [0.5, 0.6) is 0 Å². The number of benzene rings is 1. The zero-order valence-corrected chi connectivity index (χ0v) is 9.96. The van der Waals surface area contributed by atoms with Crippen molar-refractivity contribution in [1.82, 2.24) is 10.8 Å². The van der Waals surface area contributed by atoms with E-state index in [0.717, 1.165) is 11.1 Å². The van der Waals surface area contributed by atoms with Crippen LogP contribution in [0.4, 0.5) is 13.2 Å². The minimum Gasteiger partial charge on any atom is -0.301 e. The second-order valence-electron chi connectivity index (χ2n) is 4.28. The number of nitrogens with one attached hydrogen (secondary N) is 2. The molecule has 104 valence electrons. The van der Waals surface area contributed by atoms with Crippen LogP contribution in [-0.2, 0) is 22.6 Å². The molecule has 0 aromatic heterocycles. The Labute approximate surface area is 107 Å². The number of alkyl halides is 3. The van der Waals surface area contributed by atoms with Crippen LogP contribution in [0, 0.1) is 0 Å². The zero-order valence-electron chi connectivity index (χ0n) is 9.96. The van der Waals surface area contributed by atoms with E-state index in [-0.39, 0.29) is 0 Å². The molecule has 1 aliphatic heterocycles. The van der Waals surface area contributed by atoms with Gasteiger partial charge < -0.3 is 5.32 Å². The molecule has 1 atom stereocenters. The van der Waals surface area contributed by atoms with Gasteiger partial charge in [-0.3, -0.25) is 9.63 Å². The monoisotopic (exact) mass is 274 g/mol. The Morgan fingerprint density at radius 2 is 2.05 bits per heavy atom. The summed E-state index contributed by atoms with van der Waals surface area (Å²) in [6.07, 6.45) is -4.03. The van der Waals surface area contributed by atoms with E-state index in [1.54, 1.807) is 0 Å². The summed E-state index contributed by atoms with van der Waals surface area (Å²) in [5, 5.41) is 2.95. The van der Waals surface area contributed by atoms with Gasteiger partial charge in [0.05, 0.1) is 6.04 Å². The van der Waals surface area contributed by atoms with E-state index in [4.69, 9.17) is 0 Å². The Kier molecular flexibility index (Phi) is 4.06. The van der Waals surface area contributed by atoms with E-state index in [9.17, 15) is 18.0 Å². The van der Waals surface area contributed by atoms with Gasteiger partial charge in [0, 0.05) is 6.54 Å². The van der Waals surface area contributed by atoms with Crippen molar-refractivity contribution in [3.8, 4) is 0 Å². The summed E-state index contributed by atoms with van der Waals surface area (Å²) in [5.41, 5.74) is 3.92. The largest absolute Gasteiger partial charge is 0.414 e. The van der Waals surface area contributed by atoms with Gasteiger partial charge in [-0.1, -0.05) is 24.3 Å². The van der Waals surface area contributed by atoms with Gasteiger partial charge in [0.15, 0.2) is 6.61 Å². The van der Waals surface area contributed by atoms with E-state index in [2.05, 4.69) is 10.2 Å². The smallest absolute Gasteiger partial charge is 0.301 e. The maximum Gasteiger partial charge on any atom is 0.414 e. The lowest BCUT2D eigenvalue weighted by Gasteiger charge is -2.25. The summed E-state index contributed by atoms with van der Waals surface area (Å²) >= 11 is 0. The number of amides is 1. The molecular weight excluding hydrogens is 261 g/mol. The number of hydrogen-bond donors (Lipinski definition) is 2. The van der Waals surface area contributed by atoms with E-state index in [0.29, 0.717) is 13.0 Å². The first kappa shape index (κ1) is 13.8. The van der Waals surface area contributed by atoms with Gasteiger partial charge in [0.1, 0.15) is 0 Å². The van der Waals surface area contributed by atoms with Crippen LogP contribution >= 0.6 is 0 Å². The highest BCUT2D eigenvalue weighted by molar-refractivity contribution is 5.81. The maximum absolute atomic E-state index is 11.9. The van der Waals surface area contributed by atoms with Gasteiger partial charge in [-0.2, -0.15) is 13.2 Å². The van der Waals surface area contributed by atoms with E-state index in [1.807, 2.05) is 29.7 Å². The Hall–Kier alpha value is -1.60. The first-order chi connectivity index (χ1) is 8.96. The van der Waals surface area contributed by atoms with Gasteiger partial charge in [-0.15, -0.1) is 0 Å². The third-order valence-electron chi connectivity index (χ3n) is 2.81. The van der Waals surface area contributed by atoms with Crippen molar-refractivity contribution in [3.05, 3.63) is 35.4 Å². The SMILES string of the molecule is O=C(NOCC(F)(F)F)[C@H]1Cc2ccccc2CN1. The van der Waals surface area contributed by atoms with Gasteiger partial charge in [-0.25, -0.2) is 5.48 Å². The first-order valence-electron chi connectivity index (χ1n) is 5.74. The van der Waals surface area contributed by atoms with E-state index < -0.39 is 24.7 Å². The van der Waals surface area contributed by atoms with Crippen LogP contribution in [0.25, 0.3) is 0 Å². The molecule has 19 heavy (non-hydrogen) atoms. The minimum absolute atomic E-state index is 0.428. The van der Waals surface area contributed by atoms with Crippen LogP contribution in [-0.4, -0.2) is 24.7 Å². The molecule has 1 aromatic rings. The Morgan fingerprint density at radius 1 is 1.37 bits per heavy atom. The van der Waals surface area contributed by atoms with Gasteiger partial charge >= 0.3 is 6.18 Å². The fourth-order valence-electron chi connectivity index (χ4n) is 1.90. The molecular formula is C12H13F3N2O2. The molecule has 7 heteroatoms. The summed E-state index contributed by atoms with van der Waals surface area (Å²) in [6, 6.07) is 7.01. The van der Waals surface area contributed by atoms with Crippen molar-refractivity contribution in [2.75, 3.05) is 6.61 Å². The molecule has 1 heterocycles. The maximum atomic E-state index is 11.9. The van der Waals surface area contributed by atoms with Crippen LogP contribution in [0.15, 0.2) is 24.3 Å². The number of fused-ring (bicyclic) bond motifs is 1. The van der Waals surface area contributed by atoms with Crippen molar-refractivity contribution in [3.63, 3.8) is 0 Å². The zero-order chi connectivity index (χ0) is 13.9. The highest BCUT2D eigenvalue weighted by Crippen LogP contribution is 2.16. The predicted octanol–water partition coefficient (Wildman–Crippen LogP) is 1.31. The lowest BCUT2D eigenvalue weighted by Crippen LogP contribution is -2.48. The predicted molar refractivity (Wildman–Crippen MR) is 60.9 cm³/mol. The van der Waals surface area contributed by atoms with Gasteiger partial charge in [0.25, 0.3) is 5.91 Å². The van der Waals surface area contributed by atoms with Crippen molar-refractivity contribution in [2.24, 2.45) is 0 Å². The molecule has 2 N–H and O–H groups in total. The molecule has 1 aromatic carbocycles. The minimum atomic E-state index is -4.46. The van der Waals surface area contributed by atoms with E-state index in [1.165, 1.54) is 0 Å². The quantitative estimate of drug-likeness (QED) is 0.817. The average Bonchev–Trinajstić information content (AvgIpc) is 2.36. The van der Waals surface area contributed by atoms with Crippen LogP contribution in [0.1, 0.15) is 11.1 Å². The highest BCUT2D eigenvalue weighted by atomic mass is 19.4. The topological polar surface area (TPSA) is 50.4 Å². The normalized spacial score (nSPS) is 18.8. The molecule has 1 amide bonds. The fraction of sp³-hybridized carbons (Fsp3) is 0.417. The lowest BCUT2D eigenvalue weighted by atomic mass is 9.96. The Morgan fingerprint density at radius 3 is 2.74 bits per heavy atom. The van der Waals surface area contributed by atoms with Gasteiger partial charge in [0.2, 0.25) is 0 Å². The summed E-state index contributed by atoms with van der Waals surface area (Å²) in [6.45, 7) is -0.990. The summed E-state index contributed by atoms with van der Waals surface area (Å²) in [7, 11) is 0. The fourth-order valence-corrected chi connectivity index (χ4v) is 1.90. The molecule has 4 nitrogen and oxygen atoms in total. The molecule has 0 bridgehead atoms. The second-order valence-corrected chi connectivity index (χ2v) is 4.28. The highest BCUT2D eigenvalue weighted by Gasteiger charge is 2.29. The Bertz CT molecular complexity index is 463. The molecule has 0 spiro atoms. The number of rotatable bonds is 3. The third kappa shape index (κ3) is 3.93. The summed E-state index contributed by atoms with van der Waals surface area (Å²) in [4.78, 5) is 15.8. The first-order valence-corrected chi connectivity index (χ1v) is 5.74. The van der Waals surface area contributed by atoms with Gasteiger partial charge in [-0.05, 0) is 17.5 Å². The number of hydrogen-bond acceptors (Lipinski definition) is 3. The van der Waals surface area contributed by atoms with Crippen LogP contribution < -0.4 is 10.8 Å². The van der Waals surface area contributed by atoms with Crippen LogP contribution in [0.2, 0.25) is 0 Å². The molecule has 0 fully saturated rings. The van der Waals surface area contributed by atoms with Crippen molar-refractivity contribution in [1.29, 1.82) is 0 Å². The van der Waals surface area contributed by atoms with Crippen molar-refractivity contribution in [2.45, 2.75) is 25.2 Å². The number of halogens is 3. The van der Waals surface area contributed by atoms with E-state index >= 15 is 0 Å². The molecule has 0 unspecified atom stereocenters. The number of carbonyl (C=O) groups excluding carboxylic acids is 1. The molecule has 2 rings (SSSR count). The summed E-state index contributed by atoms with van der Waals surface area (Å²) in [5.74, 6) is -0.598. The van der Waals surface area contributed by atoms with Crippen LogP contribution in [0.3, 0.4) is 0 Å². The van der Waals surface area contributed by atoms with Crippen molar-refractivity contribution < 1.29 is 22.8 Å². The molecule has 1 aliphatic rings. The molecule has 0 radical (unpaired) electrons.